The van der Waals surface area contributed by atoms with Crippen molar-refractivity contribution in [3.8, 4) is 5.69 Å². The maximum Gasteiger partial charge on any atom is 0.308 e. The average molecular weight is 352 g/mol. The minimum atomic E-state index is -0.771. The summed E-state index contributed by atoms with van der Waals surface area (Å²) in [7, 11) is 0. The van der Waals surface area contributed by atoms with Gasteiger partial charge in [-0.1, -0.05) is 18.2 Å². The highest BCUT2D eigenvalue weighted by molar-refractivity contribution is 5.96. The Morgan fingerprint density at radius 1 is 1.08 bits per heavy atom. The second-order valence-corrected chi connectivity index (χ2v) is 7.61. The smallest absolute Gasteiger partial charge is 0.308 e. The fraction of sp³-hybridized carbons (Fsp3) is 0.429. The topological polar surface area (TPSA) is 62.5 Å². The molecule has 5 heteroatoms. The average Bonchev–Trinajstić information content (AvgIpc) is 3.30. The van der Waals surface area contributed by atoms with Gasteiger partial charge in [-0.25, -0.2) is 0 Å². The summed E-state index contributed by atoms with van der Waals surface area (Å²) in [6.07, 6.45) is 2.19. The molecule has 1 aromatic heterocycles. The molecule has 4 rings (SSSR count). The molecule has 1 amide bonds. The number of nitrogens with zero attached hydrogens (tertiary/aromatic N) is 2. The standard InChI is InChI=1S/C21H24N2O3/c1-13-10-17(14(2)23(13)16-6-4-3-5-7-16)20(24)22-11-18(15-8-9-15)19(12-22)21(25)26/h3-7,10,15,18-19H,8-9,11-12H2,1-2H3,(H,25,26)/t18-,19+/m1/s1. The van der Waals surface area contributed by atoms with Gasteiger partial charge in [0.25, 0.3) is 5.91 Å². The largest absolute Gasteiger partial charge is 0.481 e. The molecule has 1 aliphatic carbocycles. The molecule has 136 valence electrons. The second kappa shape index (κ2) is 6.31. The van der Waals surface area contributed by atoms with E-state index in [2.05, 4.69) is 4.57 Å². The highest BCUT2D eigenvalue weighted by Crippen LogP contribution is 2.44. The van der Waals surface area contributed by atoms with Crippen LogP contribution in [0.25, 0.3) is 5.69 Å². The molecule has 2 aromatic rings. The van der Waals surface area contributed by atoms with Crippen molar-refractivity contribution in [3.63, 3.8) is 0 Å². The van der Waals surface area contributed by atoms with Gasteiger partial charge in [-0.15, -0.1) is 0 Å². The fourth-order valence-corrected chi connectivity index (χ4v) is 4.38. The van der Waals surface area contributed by atoms with Gasteiger partial charge in [0.2, 0.25) is 0 Å². The van der Waals surface area contributed by atoms with Crippen LogP contribution in [-0.4, -0.2) is 39.5 Å². The van der Waals surface area contributed by atoms with Crippen molar-refractivity contribution in [1.82, 2.24) is 9.47 Å². The lowest BCUT2D eigenvalue weighted by Gasteiger charge is -2.17. The van der Waals surface area contributed by atoms with Crippen molar-refractivity contribution in [2.24, 2.45) is 17.8 Å². The zero-order valence-electron chi connectivity index (χ0n) is 15.2. The number of likely N-dealkylation sites (tertiary alicyclic amines) is 1. The van der Waals surface area contributed by atoms with Gasteiger partial charge in [-0.3, -0.25) is 9.59 Å². The molecule has 1 saturated heterocycles. The summed E-state index contributed by atoms with van der Waals surface area (Å²) in [4.78, 5) is 26.5. The van der Waals surface area contributed by atoms with E-state index in [0.717, 1.165) is 29.9 Å². The van der Waals surface area contributed by atoms with Gasteiger partial charge < -0.3 is 14.6 Å². The number of rotatable bonds is 4. The Balaban J connectivity index is 1.62. The second-order valence-electron chi connectivity index (χ2n) is 7.61. The third-order valence-electron chi connectivity index (χ3n) is 5.87. The van der Waals surface area contributed by atoms with Crippen molar-refractivity contribution in [2.75, 3.05) is 13.1 Å². The third kappa shape index (κ3) is 2.81. The maximum atomic E-state index is 13.1. The van der Waals surface area contributed by atoms with Crippen LogP contribution < -0.4 is 0 Å². The van der Waals surface area contributed by atoms with Crippen molar-refractivity contribution in [3.05, 3.63) is 53.3 Å². The van der Waals surface area contributed by atoms with E-state index in [-0.39, 0.29) is 11.8 Å². The lowest BCUT2D eigenvalue weighted by molar-refractivity contribution is -0.142. The number of para-hydroxylation sites is 1. The molecule has 0 bridgehead atoms. The van der Waals surface area contributed by atoms with Gasteiger partial charge in [0.1, 0.15) is 0 Å². The number of hydrogen-bond acceptors (Lipinski definition) is 2. The zero-order valence-corrected chi connectivity index (χ0v) is 15.2. The Labute approximate surface area is 153 Å². The van der Waals surface area contributed by atoms with E-state index in [4.69, 9.17) is 0 Å². The summed E-state index contributed by atoms with van der Waals surface area (Å²) in [6, 6.07) is 11.9. The number of amides is 1. The summed E-state index contributed by atoms with van der Waals surface area (Å²) in [5.41, 5.74) is 3.61. The third-order valence-corrected chi connectivity index (χ3v) is 5.87. The van der Waals surface area contributed by atoms with Gasteiger partial charge in [0.15, 0.2) is 0 Å². The number of hydrogen-bond donors (Lipinski definition) is 1. The lowest BCUT2D eigenvalue weighted by Crippen LogP contribution is -2.30. The highest BCUT2D eigenvalue weighted by atomic mass is 16.4. The molecule has 2 fully saturated rings. The Morgan fingerprint density at radius 3 is 2.38 bits per heavy atom. The number of carboxylic acids is 1. The molecular formula is C21H24N2O3. The number of carbonyl (C=O) groups excluding carboxylic acids is 1. The van der Waals surface area contributed by atoms with Crippen LogP contribution in [-0.2, 0) is 4.79 Å². The number of benzene rings is 1. The van der Waals surface area contributed by atoms with Gasteiger partial charge in [-0.05, 0) is 56.7 Å². The normalized spacial score (nSPS) is 22.6. The molecule has 0 spiro atoms. The van der Waals surface area contributed by atoms with Crippen molar-refractivity contribution in [2.45, 2.75) is 26.7 Å². The maximum absolute atomic E-state index is 13.1. The summed E-state index contributed by atoms with van der Waals surface area (Å²) in [5.74, 6) is -0.662. The first kappa shape index (κ1) is 16.9. The van der Waals surface area contributed by atoms with Gasteiger partial charge in [0, 0.05) is 30.2 Å². The Hall–Kier alpha value is -2.56. The molecule has 1 N–H and O–H groups in total. The first-order valence-electron chi connectivity index (χ1n) is 9.24. The predicted molar refractivity (Wildman–Crippen MR) is 98.5 cm³/mol. The van der Waals surface area contributed by atoms with E-state index >= 15 is 0 Å². The number of carboxylic acid groups (broad SMARTS) is 1. The van der Waals surface area contributed by atoms with E-state index < -0.39 is 11.9 Å². The van der Waals surface area contributed by atoms with Crippen LogP contribution in [0.15, 0.2) is 36.4 Å². The van der Waals surface area contributed by atoms with Crippen LogP contribution in [0.4, 0.5) is 0 Å². The Morgan fingerprint density at radius 2 is 1.77 bits per heavy atom. The summed E-state index contributed by atoms with van der Waals surface area (Å²) in [5, 5.41) is 9.54. The first-order valence-corrected chi connectivity index (χ1v) is 9.24. The number of aromatic nitrogens is 1. The van der Waals surface area contributed by atoms with E-state index in [1.54, 1.807) is 4.90 Å². The molecule has 1 aliphatic heterocycles. The SMILES string of the molecule is Cc1cc(C(=O)N2C[C@H](C(=O)O)[C@@H](C3CC3)C2)c(C)n1-c1ccccc1. The Kier molecular flexibility index (Phi) is 4.10. The van der Waals surface area contributed by atoms with E-state index in [1.165, 1.54) is 0 Å². The predicted octanol–water partition coefficient (Wildman–Crippen LogP) is 3.28. The van der Waals surface area contributed by atoms with E-state index in [0.29, 0.717) is 24.6 Å². The van der Waals surface area contributed by atoms with Crippen molar-refractivity contribution in [1.29, 1.82) is 0 Å². The van der Waals surface area contributed by atoms with Crippen molar-refractivity contribution < 1.29 is 14.7 Å². The Bertz CT molecular complexity index is 852. The summed E-state index contributed by atoms with van der Waals surface area (Å²) < 4.78 is 2.08. The lowest BCUT2D eigenvalue weighted by atomic mass is 9.92. The van der Waals surface area contributed by atoms with Crippen molar-refractivity contribution >= 4 is 11.9 Å². The molecule has 26 heavy (non-hydrogen) atoms. The van der Waals surface area contributed by atoms with Crippen LogP contribution in [0.3, 0.4) is 0 Å². The minimum absolute atomic E-state index is 0.0466. The highest BCUT2D eigenvalue weighted by Gasteiger charge is 2.47. The van der Waals surface area contributed by atoms with Crippen LogP contribution in [0.5, 0.6) is 0 Å². The number of aryl methyl sites for hydroxylation is 1. The molecule has 0 unspecified atom stereocenters. The van der Waals surface area contributed by atoms with E-state index in [9.17, 15) is 14.7 Å². The van der Waals surface area contributed by atoms with E-state index in [1.807, 2.05) is 50.2 Å². The quantitative estimate of drug-likeness (QED) is 0.918. The van der Waals surface area contributed by atoms with Gasteiger partial charge >= 0.3 is 5.97 Å². The first-order chi connectivity index (χ1) is 12.5. The molecular weight excluding hydrogens is 328 g/mol. The van der Waals surface area contributed by atoms with Crippen LogP contribution >= 0.6 is 0 Å². The molecule has 5 nitrogen and oxygen atoms in total. The van der Waals surface area contributed by atoms with Crippen LogP contribution in [0.2, 0.25) is 0 Å². The number of aliphatic carboxylic acids is 1. The molecule has 2 atom stereocenters. The monoisotopic (exact) mass is 352 g/mol. The molecule has 1 saturated carbocycles. The van der Waals surface area contributed by atoms with Crippen LogP contribution in [0, 0.1) is 31.6 Å². The zero-order chi connectivity index (χ0) is 18.4. The van der Waals surface area contributed by atoms with Gasteiger partial charge in [-0.2, -0.15) is 0 Å². The molecule has 0 radical (unpaired) electrons. The molecule has 2 aliphatic rings. The summed E-state index contributed by atoms with van der Waals surface area (Å²) >= 11 is 0. The summed E-state index contributed by atoms with van der Waals surface area (Å²) in [6.45, 7) is 4.84. The number of carbonyl (C=O) groups is 2. The van der Waals surface area contributed by atoms with Gasteiger partial charge in [0.05, 0.1) is 11.5 Å². The molecule has 2 heterocycles. The molecule has 1 aromatic carbocycles. The van der Waals surface area contributed by atoms with Crippen LogP contribution in [0.1, 0.15) is 34.6 Å². The minimum Gasteiger partial charge on any atom is -0.481 e. The fourth-order valence-electron chi connectivity index (χ4n) is 4.38.